The minimum atomic E-state index is -1.45. The lowest BCUT2D eigenvalue weighted by Crippen LogP contribution is -2.58. The molecule has 1 fully saturated rings. The third-order valence-electron chi connectivity index (χ3n) is 6.32. The molecule has 1 aliphatic heterocycles. The van der Waals surface area contributed by atoms with E-state index < -0.39 is 28.1 Å². The number of benzene rings is 2. The Morgan fingerprint density at radius 3 is 2.28 bits per heavy atom. The van der Waals surface area contributed by atoms with Gasteiger partial charge in [-0.15, -0.1) is 0 Å². The van der Waals surface area contributed by atoms with Crippen LogP contribution in [0.1, 0.15) is 40.1 Å². The van der Waals surface area contributed by atoms with Crippen LogP contribution in [0.3, 0.4) is 0 Å². The minimum Gasteiger partial charge on any atom is -0.478 e. The van der Waals surface area contributed by atoms with Gasteiger partial charge in [-0.1, -0.05) is 12.1 Å². The predicted molar refractivity (Wildman–Crippen MR) is 129 cm³/mol. The normalized spacial score (nSPS) is 14.6. The Labute approximate surface area is 208 Å². The Kier molecular flexibility index (Phi) is 8.73. The fraction of sp³-hybridized carbons (Fsp3) is 0.400. The van der Waals surface area contributed by atoms with Gasteiger partial charge in [-0.05, 0) is 32.0 Å². The summed E-state index contributed by atoms with van der Waals surface area (Å²) >= 11 is 0. The molecule has 3 rings (SSSR count). The van der Waals surface area contributed by atoms with E-state index >= 15 is 0 Å². The first kappa shape index (κ1) is 26.8. The molecule has 0 atom stereocenters. The van der Waals surface area contributed by atoms with Gasteiger partial charge in [-0.25, -0.2) is 9.59 Å². The first-order valence-electron chi connectivity index (χ1n) is 11.7. The first-order valence-corrected chi connectivity index (χ1v) is 11.7. The van der Waals surface area contributed by atoms with E-state index in [1.807, 2.05) is 18.7 Å². The number of nitro benzene ring substituents is 1. The molecule has 1 N–H and O–H groups in total. The van der Waals surface area contributed by atoms with Crippen molar-refractivity contribution < 1.29 is 38.4 Å². The van der Waals surface area contributed by atoms with Gasteiger partial charge in [0.15, 0.2) is 6.54 Å². The van der Waals surface area contributed by atoms with Gasteiger partial charge in [-0.2, -0.15) is 0 Å². The van der Waals surface area contributed by atoms with Crippen LogP contribution in [-0.4, -0.2) is 83.2 Å². The molecule has 0 radical (unpaired) electrons. The molecule has 36 heavy (non-hydrogen) atoms. The first-order chi connectivity index (χ1) is 17.2. The zero-order valence-electron chi connectivity index (χ0n) is 20.3. The number of carbonyl (C=O) groups is 3. The van der Waals surface area contributed by atoms with Crippen molar-refractivity contribution >= 4 is 23.5 Å². The number of hydrogen-bond acceptors (Lipinski definition) is 7. The largest absolute Gasteiger partial charge is 0.478 e. The number of nitro groups is 1. The number of carboxylic acids is 1. The van der Waals surface area contributed by atoms with Gasteiger partial charge in [0.25, 0.3) is 11.6 Å². The highest BCUT2D eigenvalue weighted by atomic mass is 16.6. The third kappa shape index (κ3) is 6.43. The number of amides is 1. The summed E-state index contributed by atoms with van der Waals surface area (Å²) in [6.45, 7) is 8.72. The minimum absolute atomic E-state index is 0.0967. The molecule has 0 aromatic heterocycles. The molecular formula is C25H30N3O8+. The van der Waals surface area contributed by atoms with E-state index in [9.17, 15) is 29.6 Å². The molecule has 0 spiro atoms. The van der Waals surface area contributed by atoms with Crippen molar-refractivity contribution in [3.8, 4) is 5.75 Å². The number of quaternary nitrogens is 1. The number of rotatable bonds is 10. The molecule has 2 aromatic rings. The Bertz CT molecular complexity index is 1120. The summed E-state index contributed by atoms with van der Waals surface area (Å²) in [6, 6.07) is 9.72. The van der Waals surface area contributed by atoms with Crippen LogP contribution in [0.25, 0.3) is 0 Å². The number of hydrogen-bond donors (Lipinski definition) is 1. The maximum absolute atomic E-state index is 12.8. The van der Waals surface area contributed by atoms with Gasteiger partial charge >= 0.3 is 11.9 Å². The van der Waals surface area contributed by atoms with Crippen molar-refractivity contribution in [3.05, 3.63) is 69.3 Å². The molecule has 11 nitrogen and oxygen atoms in total. The average Bonchev–Trinajstić information content (AvgIpc) is 2.85. The van der Waals surface area contributed by atoms with Gasteiger partial charge in [0.1, 0.15) is 30.9 Å². The second-order valence-electron chi connectivity index (χ2n) is 8.61. The zero-order chi connectivity index (χ0) is 26.3. The van der Waals surface area contributed by atoms with Gasteiger partial charge in [0.05, 0.1) is 23.7 Å². The molecule has 11 heteroatoms. The number of carbonyl (C=O) groups excluding carboxylic acids is 2. The van der Waals surface area contributed by atoms with Crippen molar-refractivity contribution in [3.63, 3.8) is 0 Å². The van der Waals surface area contributed by atoms with Crippen molar-refractivity contribution in [2.75, 3.05) is 45.9 Å². The highest BCUT2D eigenvalue weighted by Gasteiger charge is 2.34. The average molecular weight is 501 g/mol. The van der Waals surface area contributed by atoms with Crippen molar-refractivity contribution in [2.45, 2.75) is 20.4 Å². The van der Waals surface area contributed by atoms with Gasteiger partial charge in [0.2, 0.25) is 0 Å². The molecule has 0 saturated carbocycles. The van der Waals surface area contributed by atoms with E-state index in [-0.39, 0.29) is 17.2 Å². The highest BCUT2D eigenvalue weighted by Crippen LogP contribution is 2.25. The van der Waals surface area contributed by atoms with Crippen LogP contribution in [0.15, 0.2) is 42.5 Å². The SMILES string of the molecule is CCN(CC)C(=O)C[N+]1(Cc2ccc(C(=O)Oc3ccc([N+](=O)[O-])cc3C(=O)O)cc2)CCOCC1. The van der Waals surface area contributed by atoms with Crippen molar-refractivity contribution in [1.82, 2.24) is 4.90 Å². The standard InChI is InChI=1S/C25H29N3O8/c1-3-26(4-2)23(29)17-28(11-13-35-14-12-28)16-18-5-7-19(8-6-18)25(32)36-22-10-9-20(27(33)34)15-21(22)24(30)31/h5-10,15H,3-4,11-14,16-17H2,1-2H3/p+1. The van der Waals surface area contributed by atoms with E-state index in [1.165, 1.54) is 0 Å². The Hall–Kier alpha value is -3.83. The maximum atomic E-state index is 12.8. The number of aromatic carboxylic acids is 1. The predicted octanol–water partition coefficient (Wildman–Crippen LogP) is 2.73. The smallest absolute Gasteiger partial charge is 0.343 e. The summed E-state index contributed by atoms with van der Waals surface area (Å²) in [7, 11) is 0. The number of ether oxygens (including phenoxy) is 2. The summed E-state index contributed by atoms with van der Waals surface area (Å²) in [5.41, 5.74) is 0.227. The van der Waals surface area contributed by atoms with E-state index in [0.717, 1.165) is 23.8 Å². The molecule has 0 bridgehead atoms. The van der Waals surface area contributed by atoms with Gasteiger partial charge in [-0.3, -0.25) is 14.9 Å². The second kappa shape index (κ2) is 11.7. The van der Waals surface area contributed by atoms with E-state index in [4.69, 9.17) is 9.47 Å². The Balaban J connectivity index is 1.74. The number of morpholine rings is 1. The van der Waals surface area contributed by atoms with E-state index in [0.29, 0.717) is 57.0 Å². The fourth-order valence-electron chi connectivity index (χ4n) is 4.25. The quantitative estimate of drug-likeness (QED) is 0.173. The van der Waals surface area contributed by atoms with Crippen LogP contribution in [0.2, 0.25) is 0 Å². The lowest BCUT2D eigenvalue weighted by atomic mass is 10.1. The van der Waals surface area contributed by atoms with Crippen molar-refractivity contribution in [2.24, 2.45) is 0 Å². The van der Waals surface area contributed by atoms with Crippen LogP contribution >= 0.6 is 0 Å². The monoisotopic (exact) mass is 500 g/mol. The Morgan fingerprint density at radius 1 is 1.08 bits per heavy atom. The third-order valence-corrected chi connectivity index (χ3v) is 6.32. The summed E-state index contributed by atoms with van der Waals surface area (Å²) < 4.78 is 11.3. The fourth-order valence-corrected chi connectivity index (χ4v) is 4.25. The molecule has 1 heterocycles. The summed E-state index contributed by atoms with van der Waals surface area (Å²) in [5.74, 6) is -2.42. The summed E-state index contributed by atoms with van der Waals surface area (Å²) in [6.07, 6.45) is 0. The van der Waals surface area contributed by atoms with Crippen LogP contribution in [0.5, 0.6) is 5.75 Å². The molecule has 2 aromatic carbocycles. The lowest BCUT2D eigenvalue weighted by molar-refractivity contribution is -0.940. The van der Waals surface area contributed by atoms with Gasteiger partial charge < -0.3 is 24.0 Å². The number of likely N-dealkylation sites (N-methyl/N-ethyl adjacent to an activating group) is 1. The lowest BCUT2D eigenvalue weighted by Gasteiger charge is -2.41. The summed E-state index contributed by atoms with van der Waals surface area (Å²) in [4.78, 5) is 49.0. The van der Waals surface area contributed by atoms with Crippen LogP contribution in [-0.2, 0) is 16.1 Å². The highest BCUT2D eigenvalue weighted by molar-refractivity contribution is 5.96. The van der Waals surface area contributed by atoms with Crippen LogP contribution < -0.4 is 4.74 Å². The second-order valence-corrected chi connectivity index (χ2v) is 8.61. The molecule has 1 saturated heterocycles. The van der Waals surface area contributed by atoms with Crippen LogP contribution in [0.4, 0.5) is 5.69 Å². The number of esters is 1. The van der Waals surface area contributed by atoms with Crippen molar-refractivity contribution in [1.29, 1.82) is 0 Å². The molecule has 1 amide bonds. The number of non-ortho nitro benzene ring substituents is 1. The van der Waals surface area contributed by atoms with Crippen LogP contribution in [0, 0.1) is 10.1 Å². The summed E-state index contributed by atoms with van der Waals surface area (Å²) in [5, 5.41) is 20.3. The Morgan fingerprint density at radius 2 is 1.72 bits per heavy atom. The van der Waals surface area contributed by atoms with Gasteiger partial charge in [0, 0.05) is 30.8 Å². The number of carboxylic acid groups (broad SMARTS) is 1. The molecule has 0 unspecified atom stereocenters. The topological polar surface area (TPSA) is 136 Å². The number of nitrogens with zero attached hydrogens (tertiary/aromatic N) is 3. The molecule has 1 aliphatic rings. The molecule has 192 valence electrons. The molecular weight excluding hydrogens is 470 g/mol. The maximum Gasteiger partial charge on any atom is 0.343 e. The van der Waals surface area contributed by atoms with E-state index in [2.05, 4.69) is 0 Å². The zero-order valence-corrected chi connectivity index (χ0v) is 20.3. The van der Waals surface area contributed by atoms with E-state index in [1.54, 1.807) is 24.3 Å². The molecule has 0 aliphatic carbocycles.